The average Bonchev–Trinajstić information content (AvgIpc) is 3.39. The van der Waals surface area contributed by atoms with Crippen LogP contribution in [0.3, 0.4) is 0 Å². The minimum absolute atomic E-state index is 0.00153. The lowest BCUT2D eigenvalue weighted by molar-refractivity contribution is 0.201. The zero-order valence-electron chi connectivity index (χ0n) is 15.4. The van der Waals surface area contributed by atoms with Crippen LogP contribution < -0.4 is 0 Å². The Morgan fingerprint density at radius 3 is 2.54 bits per heavy atom. The fourth-order valence-corrected chi connectivity index (χ4v) is 4.85. The molecule has 0 amide bonds. The maximum absolute atomic E-state index is 15.1. The Balaban J connectivity index is 1.80. The van der Waals surface area contributed by atoms with Crippen LogP contribution in [0.15, 0.2) is 36.4 Å². The summed E-state index contributed by atoms with van der Waals surface area (Å²) in [7, 11) is 0. The Kier molecular flexibility index (Phi) is 5.27. The van der Waals surface area contributed by atoms with Crippen molar-refractivity contribution in [1.29, 1.82) is 0 Å². The minimum Gasteiger partial charge on any atom is -0.206 e. The monoisotopic (exact) mass is 326 g/mol. The summed E-state index contributed by atoms with van der Waals surface area (Å²) >= 11 is 0. The molecule has 0 spiro atoms. The van der Waals surface area contributed by atoms with Crippen molar-refractivity contribution in [2.45, 2.75) is 65.7 Å². The third kappa shape index (κ3) is 3.36. The molecule has 0 radical (unpaired) electrons. The molecule has 24 heavy (non-hydrogen) atoms. The van der Waals surface area contributed by atoms with E-state index in [9.17, 15) is 0 Å². The number of hydrogen-bond donors (Lipinski definition) is 0. The molecule has 1 fully saturated rings. The zero-order chi connectivity index (χ0) is 17.2. The molecule has 2 aliphatic rings. The van der Waals surface area contributed by atoms with E-state index in [0.29, 0.717) is 11.3 Å². The van der Waals surface area contributed by atoms with Crippen molar-refractivity contribution >= 4 is 5.57 Å². The van der Waals surface area contributed by atoms with Gasteiger partial charge in [-0.25, -0.2) is 4.39 Å². The summed E-state index contributed by atoms with van der Waals surface area (Å²) < 4.78 is 15.1. The van der Waals surface area contributed by atoms with Crippen LogP contribution in [0.2, 0.25) is 0 Å². The number of hydrogen-bond acceptors (Lipinski definition) is 0. The Labute approximate surface area is 146 Å². The molecular weight excluding hydrogens is 295 g/mol. The van der Waals surface area contributed by atoms with E-state index in [-0.39, 0.29) is 5.82 Å². The van der Waals surface area contributed by atoms with Crippen molar-refractivity contribution in [3.63, 3.8) is 0 Å². The van der Waals surface area contributed by atoms with Crippen molar-refractivity contribution in [1.82, 2.24) is 0 Å². The van der Waals surface area contributed by atoms with Gasteiger partial charge in [-0.05, 0) is 60.5 Å². The van der Waals surface area contributed by atoms with E-state index in [1.807, 2.05) is 18.2 Å². The van der Waals surface area contributed by atoms with E-state index in [1.165, 1.54) is 25.7 Å². The van der Waals surface area contributed by atoms with E-state index in [4.69, 9.17) is 0 Å². The molecule has 130 valence electrons. The predicted molar refractivity (Wildman–Crippen MR) is 101 cm³/mol. The Bertz CT molecular complexity index is 633. The predicted octanol–water partition coefficient (Wildman–Crippen LogP) is 6.95. The molecule has 0 aromatic heterocycles. The van der Waals surface area contributed by atoms with Gasteiger partial charge in [0, 0.05) is 5.56 Å². The molecule has 0 nitrogen and oxygen atoms in total. The second-order valence-electron chi connectivity index (χ2n) is 7.83. The molecule has 1 aromatic rings. The van der Waals surface area contributed by atoms with Gasteiger partial charge in [0.1, 0.15) is 5.82 Å². The van der Waals surface area contributed by atoms with Crippen LogP contribution in [0.1, 0.15) is 70.4 Å². The molecule has 0 bridgehead atoms. The molecular formula is C23H31F. The SMILES string of the molecule is CC[C@H]([C@@H](C)Cc1cccc(C2=CCCC=C2)c1F)C1(CC)CC1. The van der Waals surface area contributed by atoms with E-state index in [0.717, 1.165) is 41.9 Å². The quantitative estimate of drug-likeness (QED) is 0.508. The zero-order valence-corrected chi connectivity index (χ0v) is 15.4. The summed E-state index contributed by atoms with van der Waals surface area (Å²) in [4.78, 5) is 0. The first-order chi connectivity index (χ1) is 11.6. The highest BCUT2D eigenvalue weighted by Crippen LogP contribution is 2.58. The molecule has 0 aliphatic heterocycles. The molecule has 0 saturated heterocycles. The highest BCUT2D eigenvalue weighted by Gasteiger charge is 2.48. The summed E-state index contributed by atoms with van der Waals surface area (Å²) in [6.45, 7) is 6.96. The normalized spacial score (nSPS) is 21.2. The number of halogens is 1. The fourth-order valence-electron chi connectivity index (χ4n) is 4.85. The van der Waals surface area contributed by atoms with Gasteiger partial charge in [-0.2, -0.15) is 0 Å². The molecule has 2 aliphatic carbocycles. The van der Waals surface area contributed by atoms with Crippen molar-refractivity contribution in [3.05, 3.63) is 53.4 Å². The highest BCUT2D eigenvalue weighted by molar-refractivity contribution is 5.75. The smallest absolute Gasteiger partial charge is 0.134 e. The number of allylic oxidation sites excluding steroid dienone is 4. The molecule has 3 rings (SSSR count). The molecule has 1 saturated carbocycles. The first-order valence-corrected chi connectivity index (χ1v) is 9.75. The summed E-state index contributed by atoms with van der Waals surface area (Å²) in [5, 5.41) is 0. The Morgan fingerprint density at radius 1 is 1.17 bits per heavy atom. The molecule has 0 N–H and O–H groups in total. The highest BCUT2D eigenvalue weighted by atomic mass is 19.1. The summed E-state index contributed by atoms with van der Waals surface area (Å²) in [5.41, 5.74) is 3.27. The van der Waals surface area contributed by atoms with Gasteiger partial charge in [-0.1, -0.05) is 70.0 Å². The van der Waals surface area contributed by atoms with Gasteiger partial charge in [0.05, 0.1) is 0 Å². The van der Waals surface area contributed by atoms with Gasteiger partial charge >= 0.3 is 0 Å². The van der Waals surface area contributed by atoms with Crippen molar-refractivity contribution in [2.24, 2.45) is 17.3 Å². The maximum atomic E-state index is 15.1. The first-order valence-electron chi connectivity index (χ1n) is 9.75. The molecule has 1 aromatic carbocycles. The van der Waals surface area contributed by atoms with Crippen LogP contribution in [0.25, 0.3) is 5.57 Å². The lowest BCUT2D eigenvalue weighted by atomic mass is 9.74. The van der Waals surface area contributed by atoms with Crippen molar-refractivity contribution < 1.29 is 4.39 Å². The number of rotatable bonds is 7. The number of benzene rings is 1. The molecule has 1 heteroatoms. The maximum Gasteiger partial charge on any atom is 0.134 e. The second-order valence-corrected chi connectivity index (χ2v) is 7.83. The van der Waals surface area contributed by atoms with E-state index in [2.05, 4.69) is 39.0 Å². The van der Waals surface area contributed by atoms with Crippen molar-refractivity contribution in [3.8, 4) is 0 Å². The summed E-state index contributed by atoms with van der Waals surface area (Å²) in [5.74, 6) is 1.26. The Hall–Kier alpha value is -1.37. The largest absolute Gasteiger partial charge is 0.206 e. The third-order valence-corrected chi connectivity index (χ3v) is 6.44. The Morgan fingerprint density at radius 2 is 1.96 bits per heavy atom. The van der Waals surface area contributed by atoms with Gasteiger partial charge in [-0.3, -0.25) is 0 Å². The van der Waals surface area contributed by atoms with Crippen LogP contribution in [-0.2, 0) is 6.42 Å². The van der Waals surface area contributed by atoms with Gasteiger partial charge < -0.3 is 0 Å². The summed E-state index contributed by atoms with van der Waals surface area (Å²) in [6.07, 6.45) is 14.5. The van der Waals surface area contributed by atoms with E-state index in [1.54, 1.807) is 0 Å². The van der Waals surface area contributed by atoms with Crippen LogP contribution >= 0.6 is 0 Å². The molecule has 0 unspecified atom stereocenters. The first kappa shape index (κ1) is 17.5. The topological polar surface area (TPSA) is 0 Å². The second kappa shape index (κ2) is 7.25. The lowest BCUT2D eigenvalue weighted by Gasteiger charge is -2.31. The van der Waals surface area contributed by atoms with Gasteiger partial charge in [-0.15, -0.1) is 0 Å². The van der Waals surface area contributed by atoms with Crippen molar-refractivity contribution in [2.75, 3.05) is 0 Å². The third-order valence-electron chi connectivity index (χ3n) is 6.44. The molecule has 2 atom stereocenters. The van der Waals surface area contributed by atoms with Crippen LogP contribution in [0, 0.1) is 23.1 Å². The van der Waals surface area contributed by atoms with Gasteiger partial charge in [0.2, 0.25) is 0 Å². The van der Waals surface area contributed by atoms with E-state index >= 15 is 4.39 Å². The van der Waals surface area contributed by atoms with Gasteiger partial charge in [0.25, 0.3) is 0 Å². The fraction of sp³-hybridized carbons (Fsp3) is 0.565. The standard InChI is InChI=1S/C23H31F/c1-4-21(23(5-2)14-15-23)17(3)16-19-12-9-13-20(22(19)24)18-10-7-6-8-11-18/h7,9-13,17,21H,4-6,8,14-16H2,1-3H3/t17-,21+/m0/s1. The van der Waals surface area contributed by atoms with Crippen LogP contribution in [-0.4, -0.2) is 0 Å². The minimum atomic E-state index is -0.00153. The van der Waals surface area contributed by atoms with E-state index < -0.39 is 0 Å². The lowest BCUT2D eigenvalue weighted by Crippen LogP contribution is -2.24. The van der Waals surface area contributed by atoms with Gasteiger partial charge in [0.15, 0.2) is 0 Å². The summed E-state index contributed by atoms with van der Waals surface area (Å²) in [6, 6.07) is 5.94. The van der Waals surface area contributed by atoms with Crippen LogP contribution in [0.4, 0.5) is 4.39 Å². The van der Waals surface area contributed by atoms with Crippen LogP contribution in [0.5, 0.6) is 0 Å². The average molecular weight is 326 g/mol. The molecule has 0 heterocycles.